The molecule has 368 valence electrons. The van der Waals surface area contributed by atoms with E-state index in [2.05, 4.69) is 152 Å². The molecular weight excluding hydrogens is 817 g/mol. The molecule has 0 bridgehead atoms. The Morgan fingerprint density at radius 3 is 1.09 bits per heavy atom. The van der Waals surface area contributed by atoms with Crippen molar-refractivity contribution in [2.24, 2.45) is 82.9 Å². The van der Waals surface area contributed by atoms with Gasteiger partial charge in [-0.25, -0.2) is 0 Å². The van der Waals surface area contributed by atoms with Gasteiger partial charge in [-0.2, -0.15) is 0 Å². The van der Waals surface area contributed by atoms with Crippen LogP contribution in [-0.4, -0.2) is 0 Å². The predicted octanol–water partition coefficient (Wildman–Crippen LogP) is 19.9. The van der Waals surface area contributed by atoms with Crippen LogP contribution in [0.5, 0.6) is 0 Å². The molecule has 0 spiro atoms. The Bertz CT molecular complexity index is 2610. The second kappa shape index (κ2) is 18.3. The topological polar surface area (TPSA) is 0 Å². The van der Waals surface area contributed by atoms with E-state index in [-0.39, 0.29) is 0 Å². The summed E-state index contributed by atoms with van der Waals surface area (Å²) < 4.78 is 0. The molecule has 0 radical (unpaired) electrons. The molecule has 0 aromatic heterocycles. The van der Waals surface area contributed by atoms with E-state index >= 15 is 0 Å². The highest BCUT2D eigenvalue weighted by Crippen LogP contribution is 2.64. The highest BCUT2D eigenvalue weighted by molar-refractivity contribution is 5.81. The van der Waals surface area contributed by atoms with Crippen molar-refractivity contribution in [1.29, 1.82) is 0 Å². The summed E-state index contributed by atoms with van der Waals surface area (Å²) >= 11 is 0. The molecule has 68 heavy (non-hydrogen) atoms. The van der Waals surface area contributed by atoms with Gasteiger partial charge in [0.25, 0.3) is 0 Å². The molecule has 0 aromatic rings. The van der Waals surface area contributed by atoms with Crippen molar-refractivity contribution < 1.29 is 0 Å². The van der Waals surface area contributed by atoms with Crippen molar-refractivity contribution in [3.05, 3.63) is 147 Å². The lowest BCUT2D eigenvalue weighted by atomic mass is 9.68. The van der Waals surface area contributed by atoms with Crippen molar-refractivity contribution in [1.82, 2.24) is 0 Å². The van der Waals surface area contributed by atoms with Crippen LogP contribution in [0.15, 0.2) is 147 Å². The molecule has 0 aromatic carbocycles. The molecule has 8 rings (SSSR count). The fourth-order valence-electron chi connectivity index (χ4n) is 15.7. The number of fused-ring (bicyclic) bond motifs is 3. The summed E-state index contributed by atoms with van der Waals surface area (Å²) in [5.41, 5.74) is 38.0. The first kappa shape index (κ1) is 51.0. The molecule has 0 fully saturated rings. The third-order valence-corrected chi connectivity index (χ3v) is 22.6. The number of rotatable bonds is 15. The van der Waals surface area contributed by atoms with Gasteiger partial charge in [0.1, 0.15) is 0 Å². The minimum Gasteiger partial charge on any atom is -0.0946 e. The van der Waals surface area contributed by atoms with Gasteiger partial charge in [-0.1, -0.05) is 135 Å². The summed E-state index contributed by atoms with van der Waals surface area (Å²) in [5.74, 6) is 8.50. The zero-order valence-electron chi connectivity index (χ0n) is 47.7. The second-order valence-corrected chi connectivity index (χ2v) is 25.7. The lowest BCUT2D eigenvalue weighted by Crippen LogP contribution is -2.29. The van der Waals surface area contributed by atoms with Gasteiger partial charge in [0.05, 0.1) is 0 Å². The Labute approximate surface area is 418 Å². The fraction of sp³-hybridized carbons (Fsp3) is 0.618. The predicted molar refractivity (Wildman–Crippen MR) is 297 cm³/mol. The Morgan fingerprint density at radius 2 is 0.647 bits per heavy atom. The van der Waals surface area contributed by atoms with E-state index in [0.29, 0.717) is 71.0 Å². The summed E-state index contributed by atoms with van der Waals surface area (Å²) in [4.78, 5) is 0. The molecule has 0 saturated carbocycles. The SMILES string of the molecule is C=C1C2=C(C3=C(C)C(C)=C(C4=C(C(C)C(C)C(C)C(C)C(C)C(C)C)C5=C(C4)C4=C(C5)C5=C(C4)C(C(C)C(C)C(C)C(C)C(C)C(C)C)=C(C)C5)C3)C(C)C(=C)C2=C(C2=C(C)C(C)=C(C)C2)C1C. The summed E-state index contributed by atoms with van der Waals surface area (Å²) in [7, 11) is 0. The highest BCUT2D eigenvalue weighted by atomic mass is 14.5. The van der Waals surface area contributed by atoms with E-state index in [0.717, 1.165) is 43.9 Å². The Kier molecular flexibility index (Phi) is 13.8. The summed E-state index contributed by atoms with van der Waals surface area (Å²) in [6.45, 7) is 64.5. The zero-order chi connectivity index (χ0) is 50.2. The smallest absolute Gasteiger partial charge is 0.00706 e. The summed E-state index contributed by atoms with van der Waals surface area (Å²) in [5, 5.41) is 0. The van der Waals surface area contributed by atoms with E-state index in [1.54, 1.807) is 72.5 Å². The highest BCUT2D eigenvalue weighted by Gasteiger charge is 2.48. The second-order valence-electron chi connectivity index (χ2n) is 25.7. The molecule has 0 nitrogen and oxygen atoms in total. The van der Waals surface area contributed by atoms with Gasteiger partial charge in [0.2, 0.25) is 0 Å². The van der Waals surface area contributed by atoms with Crippen LogP contribution in [0.4, 0.5) is 0 Å². The number of allylic oxidation sites excluding steroid dienone is 24. The summed E-state index contributed by atoms with van der Waals surface area (Å²) in [6, 6.07) is 0. The average molecular weight is 914 g/mol. The van der Waals surface area contributed by atoms with Crippen molar-refractivity contribution in [2.75, 3.05) is 0 Å². The lowest BCUT2D eigenvalue weighted by Gasteiger charge is -2.37. The first-order valence-corrected chi connectivity index (χ1v) is 28.0. The Balaban J connectivity index is 1.14. The van der Waals surface area contributed by atoms with Crippen LogP contribution in [0.3, 0.4) is 0 Å². The van der Waals surface area contributed by atoms with E-state index in [4.69, 9.17) is 13.2 Å². The minimum absolute atomic E-state index is 0.290. The van der Waals surface area contributed by atoms with Crippen molar-refractivity contribution >= 4 is 0 Å². The van der Waals surface area contributed by atoms with Gasteiger partial charge in [0, 0.05) is 11.8 Å². The van der Waals surface area contributed by atoms with Gasteiger partial charge >= 0.3 is 0 Å². The zero-order valence-corrected chi connectivity index (χ0v) is 47.7. The molecule has 12 atom stereocenters. The first-order chi connectivity index (χ1) is 31.8. The van der Waals surface area contributed by atoms with Crippen LogP contribution in [0.2, 0.25) is 0 Å². The van der Waals surface area contributed by atoms with E-state index in [1.165, 1.54) is 67.7 Å². The average Bonchev–Trinajstić information content (AvgIpc) is 4.18. The molecule has 0 aliphatic heterocycles. The molecule has 8 aliphatic carbocycles. The monoisotopic (exact) mass is 913 g/mol. The van der Waals surface area contributed by atoms with Crippen LogP contribution in [-0.2, 0) is 0 Å². The quantitative estimate of drug-likeness (QED) is 0.154. The van der Waals surface area contributed by atoms with Gasteiger partial charge in [-0.05, 0) is 274 Å². The van der Waals surface area contributed by atoms with Crippen molar-refractivity contribution in [2.45, 2.75) is 191 Å². The van der Waals surface area contributed by atoms with Crippen LogP contribution < -0.4 is 0 Å². The van der Waals surface area contributed by atoms with E-state index in [1.807, 2.05) is 0 Å². The van der Waals surface area contributed by atoms with Crippen LogP contribution >= 0.6 is 0 Å². The van der Waals surface area contributed by atoms with E-state index < -0.39 is 0 Å². The maximum Gasteiger partial charge on any atom is 0.00706 e. The third-order valence-electron chi connectivity index (χ3n) is 22.6. The van der Waals surface area contributed by atoms with Gasteiger partial charge in [-0.3, -0.25) is 0 Å². The molecule has 0 saturated heterocycles. The Morgan fingerprint density at radius 1 is 0.324 bits per heavy atom. The van der Waals surface area contributed by atoms with Crippen molar-refractivity contribution in [3.63, 3.8) is 0 Å². The van der Waals surface area contributed by atoms with Crippen LogP contribution in [0.25, 0.3) is 0 Å². The van der Waals surface area contributed by atoms with Gasteiger partial charge in [-0.15, -0.1) is 0 Å². The van der Waals surface area contributed by atoms with Gasteiger partial charge in [0.15, 0.2) is 0 Å². The molecule has 12 unspecified atom stereocenters. The van der Waals surface area contributed by atoms with Crippen molar-refractivity contribution in [3.8, 4) is 0 Å². The minimum atomic E-state index is 0.290. The lowest BCUT2D eigenvalue weighted by molar-refractivity contribution is 0.154. The van der Waals surface area contributed by atoms with Crippen LogP contribution in [0, 0.1) is 82.9 Å². The summed E-state index contributed by atoms with van der Waals surface area (Å²) in [6.07, 6.45) is 6.67. The first-order valence-electron chi connectivity index (χ1n) is 28.0. The fourth-order valence-corrected chi connectivity index (χ4v) is 15.7. The standard InChI is InChI=1S/C68H96/c1-31(2)35(7)38(10)40(12)42(14)47(19)63-34(6)26-56-57-29-62-59(58(57)28-61(56)63)30-60(64(62)48(20)43(15)41(13)39(11)36(8)32(3)4)53-27-55(46(18)45(53)17)66-50(22)52(24)67-65(49(21)51(23)68(66)67)54-25-33(5)37(9)44(54)16/h31-32,35-36,38-43,47-50H,23-30H2,1-22H3. The molecule has 0 heteroatoms. The van der Waals surface area contributed by atoms with Crippen LogP contribution in [0.1, 0.15) is 191 Å². The number of hydrogen-bond acceptors (Lipinski definition) is 0. The largest absolute Gasteiger partial charge is 0.0946 e. The third kappa shape index (κ3) is 7.62. The molecule has 8 aliphatic rings. The number of hydrogen-bond donors (Lipinski definition) is 0. The van der Waals surface area contributed by atoms with Gasteiger partial charge < -0.3 is 0 Å². The molecule has 0 heterocycles. The normalized spacial score (nSPS) is 27.8. The molecule has 0 amide bonds. The maximum atomic E-state index is 4.91. The van der Waals surface area contributed by atoms with E-state index in [9.17, 15) is 0 Å². The maximum absolute atomic E-state index is 4.91. The molecular formula is C68H96. The Hall–Kier alpha value is -3.38. The molecule has 0 N–H and O–H groups in total.